The fourth-order valence-electron chi connectivity index (χ4n) is 4.25. The molecule has 1 saturated carbocycles. The van der Waals surface area contributed by atoms with Crippen molar-refractivity contribution in [3.63, 3.8) is 0 Å². The first kappa shape index (κ1) is 26.3. The minimum Gasteiger partial charge on any atom is -0.405 e. The lowest BCUT2D eigenvalue weighted by Gasteiger charge is -2.43. The van der Waals surface area contributed by atoms with Gasteiger partial charge in [-0.25, -0.2) is 0 Å². The maximum absolute atomic E-state index is 12.6. The van der Waals surface area contributed by atoms with Crippen LogP contribution >= 0.6 is 24.8 Å². The highest BCUT2D eigenvalue weighted by Gasteiger charge is 2.40. The van der Waals surface area contributed by atoms with Gasteiger partial charge in [-0.1, -0.05) is 31.4 Å². The molecule has 1 atom stereocenters. The number of benzene rings is 1. The van der Waals surface area contributed by atoms with E-state index in [4.69, 9.17) is 0 Å². The molecule has 0 bridgehead atoms. The van der Waals surface area contributed by atoms with E-state index in [1.54, 1.807) is 6.07 Å². The summed E-state index contributed by atoms with van der Waals surface area (Å²) in [6, 6.07) is 7.11. The summed E-state index contributed by atoms with van der Waals surface area (Å²) in [6.45, 7) is 4.34. The van der Waals surface area contributed by atoms with E-state index in [0.717, 1.165) is 45.4 Å². The Bertz CT molecular complexity index is 620. The standard InChI is InChI=1S/C20H28F3N2O2.2ClH/c1-24-10-12-25(13-11-24)15-18(19(26)8-3-2-4-9-19)16-6-5-7-17(14-16)27-20(21,22)23;;/h5-6,14,18,26H,2-4,8-13,15H2,1H3;2*1H. The van der Waals surface area contributed by atoms with Gasteiger partial charge in [-0.3, -0.25) is 0 Å². The number of nitrogens with zero attached hydrogens (tertiary/aromatic N) is 2. The van der Waals surface area contributed by atoms with E-state index in [0.29, 0.717) is 24.9 Å². The van der Waals surface area contributed by atoms with Crippen molar-refractivity contribution in [1.82, 2.24) is 9.80 Å². The topological polar surface area (TPSA) is 35.9 Å². The highest BCUT2D eigenvalue weighted by Crippen LogP contribution is 2.41. The smallest absolute Gasteiger partial charge is 0.405 e. The molecule has 1 heterocycles. The second-order valence-electron chi connectivity index (χ2n) is 7.85. The third-order valence-corrected chi connectivity index (χ3v) is 5.83. The maximum atomic E-state index is 12.6. The molecule has 0 spiro atoms. The van der Waals surface area contributed by atoms with Crippen LogP contribution in [0.25, 0.3) is 0 Å². The van der Waals surface area contributed by atoms with E-state index in [2.05, 4.69) is 27.7 Å². The average molecular weight is 458 g/mol. The first-order chi connectivity index (χ1) is 12.8. The first-order valence-electron chi connectivity index (χ1n) is 9.66. The molecular formula is C20H30Cl2F3N2O2. The van der Waals surface area contributed by atoms with Gasteiger partial charge in [0.2, 0.25) is 0 Å². The number of rotatable bonds is 5. The zero-order valence-electron chi connectivity index (χ0n) is 16.6. The zero-order valence-corrected chi connectivity index (χ0v) is 18.2. The van der Waals surface area contributed by atoms with Gasteiger partial charge in [-0.2, -0.15) is 0 Å². The van der Waals surface area contributed by atoms with Crippen molar-refractivity contribution in [2.45, 2.75) is 50.0 Å². The van der Waals surface area contributed by atoms with E-state index in [1.807, 2.05) is 0 Å². The van der Waals surface area contributed by atoms with E-state index in [9.17, 15) is 18.3 Å². The second-order valence-corrected chi connectivity index (χ2v) is 7.85. The molecule has 167 valence electrons. The molecule has 1 aromatic carbocycles. The lowest BCUT2D eigenvalue weighted by Crippen LogP contribution is -2.50. The number of alkyl halides is 3. The van der Waals surface area contributed by atoms with Gasteiger partial charge in [0.25, 0.3) is 0 Å². The maximum Gasteiger partial charge on any atom is 0.573 e. The van der Waals surface area contributed by atoms with Gasteiger partial charge in [0, 0.05) is 44.7 Å². The fraction of sp³-hybridized carbons (Fsp3) is 0.700. The fourth-order valence-corrected chi connectivity index (χ4v) is 4.25. The van der Waals surface area contributed by atoms with Crippen LogP contribution in [-0.4, -0.2) is 66.6 Å². The summed E-state index contributed by atoms with van der Waals surface area (Å²) in [5.74, 6) is -0.589. The lowest BCUT2D eigenvalue weighted by atomic mass is 9.72. The largest absolute Gasteiger partial charge is 0.573 e. The van der Waals surface area contributed by atoms with Gasteiger partial charge in [-0.05, 0) is 31.5 Å². The average Bonchev–Trinajstić information content (AvgIpc) is 2.60. The number of ether oxygens (including phenoxy) is 1. The summed E-state index contributed by atoms with van der Waals surface area (Å²) in [5, 5.41) is 11.4. The van der Waals surface area contributed by atoms with Crippen LogP contribution in [0.5, 0.6) is 5.75 Å². The summed E-state index contributed by atoms with van der Waals surface area (Å²) >= 11 is 0. The molecule has 1 unspecified atom stereocenters. The van der Waals surface area contributed by atoms with E-state index < -0.39 is 12.0 Å². The van der Waals surface area contributed by atoms with Gasteiger partial charge >= 0.3 is 6.36 Å². The Labute approximate surface area is 183 Å². The number of hydrogen-bond donors (Lipinski definition) is 1. The monoisotopic (exact) mass is 457 g/mol. The number of aliphatic hydroxyl groups is 1. The van der Waals surface area contributed by atoms with Gasteiger partial charge < -0.3 is 19.6 Å². The van der Waals surface area contributed by atoms with Gasteiger partial charge in [0.05, 0.1) is 5.60 Å². The van der Waals surface area contributed by atoms with E-state index in [1.165, 1.54) is 12.1 Å². The number of halogens is 5. The Morgan fingerprint density at radius 3 is 2.34 bits per heavy atom. The lowest BCUT2D eigenvalue weighted by molar-refractivity contribution is -0.274. The van der Waals surface area contributed by atoms with Crippen LogP contribution < -0.4 is 4.74 Å². The number of hydrogen-bond acceptors (Lipinski definition) is 4. The predicted molar refractivity (Wildman–Crippen MR) is 111 cm³/mol. The van der Waals surface area contributed by atoms with Crippen molar-refractivity contribution in [3.05, 3.63) is 29.8 Å². The molecule has 1 N–H and O–H groups in total. The van der Waals surface area contributed by atoms with Crippen molar-refractivity contribution in [2.24, 2.45) is 0 Å². The summed E-state index contributed by atoms with van der Waals surface area (Å²) in [7, 11) is 2.08. The molecule has 0 amide bonds. The number of piperazine rings is 1. The second kappa shape index (κ2) is 11.0. The van der Waals surface area contributed by atoms with Crippen LogP contribution in [-0.2, 0) is 0 Å². The summed E-state index contributed by atoms with van der Waals surface area (Å²) < 4.78 is 41.9. The quantitative estimate of drug-likeness (QED) is 0.716. The van der Waals surface area contributed by atoms with Crippen LogP contribution in [0.3, 0.4) is 0 Å². The molecule has 9 heteroatoms. The molecular weight excluding hydrogens is 428 g/mol. The Hall–Kier alpha value is -0.730. The highest BCUT2D eigenvalue weighted by molar-refractivity contribution is 5.85. The van der Waals surface area contributed by atoms with Gasteiger partial charge in [0.15, 0.2) is 0 Å². The summed E-state index contributed by atoms with van der Waals surface area (Å²) in [4.78, 5) is 4.56. The first-order valence-corrected chi connectivity index (χ1v) is 9.66. The molecule has 4 nitrogen and oxygen atoms in total. The van der Waals surface area contributed by atoms with Crippen LogP contribution in [0.4, 0.5) is 13.2 Å². The van der Waals surface area contributed by atoms with Crippen molar-refractivity contribution >= 4 is 24.8 Å². The summed E-state index contributed by atoms with van der Waals surface area (Å²) in [5.41, 5.74) is -0.199. The SMILES string of the molecule is CN1CCN(CC(c2cc[c]c(OC(F)(F)F)c2)C2(O)CCCCC2)CC1.Cl.Cl. The molecule has 1 aliphatic heterocycles. The molecule has 3 rings (SSSR count). The summed E-state index contributed by atoms with van der Waals surface area (Å²) in [6.07, 6.45) is -0.404. The molecule has 29 heavy (non-hydrogen) atoms. The highest BCUT2D eigenvalue weighted by atomic mass is 35.5. The van der Waals surface area contributed by atoms with Crippen LogP contribution in [0.2, 0.25) is 0 Å². The van der Waals surface area contributed by atoms with Crippen molar-refractivity contribution < 1.29 is 23.0 Å². The van der Waals surface area contributed by atoms with Gasteiger partial charge in [-0.15, -0.1) is 38.0 Å². The van der Waals surface area contributed by atoms with Gasteiger partial charge in [0.1, 0.15) is 5.75 Å². The Balaban J connectivity index is 0.00000210. The molecule has 2 fully saturated rings. The Kier molecular flexibility index (Phi) is 10.0. The van der Waals surface area contributed by atoms with Crippen LogP contribution in [0.15, 0.2) is 18.2 Å². The third-order valence-electron chi connectivity index (χ3n) is 5.83. The van der Waals surface area contributed by atoms with E-state index >= 15 is 0 Å². The molecule has 1 radical (unpaired) electrons. The predicted octanol–water partition coefficient (Wildman–Crippen LogP) is 4.26. The normalized spacial score (nSPS) is 21.6. The van der Waals surface area contributed by atoms with Crippen molar-refractivity contribution in [3.8, 4) is 5.75 Å². The molecule has 1 aliphatic carbocycles. The van der Waals surface area contributed by atoms with Crippen LogP contribution in [0, 0.1) is 6.07 Å². The minimum atomic E-state index is -4.75. The molecule has 1 aromatic rings. The zero-order chi connectivity index (χ0) is 19.5. The molecule has 0 aromatic heterocycles. The van der Waals surface area contributed by atoms with Crippen LogP contribution in [0.1, 0.15) is 43.6 Å². The van der Waals surface area contributed by atoms with Crippen molar-refractivity contribution in [2.75, 3.05) is 39.8 Å². The number of likely N-dealkylation sites (N-methyl/N-ethyl adjacent to an activating group) is 1. The minimum absolute atomic E-state index is 0. The molecule has 1 saturated heterocycles. The van der Waals surface area contributed by atoms with E-state index in [-0.39, 0.29) is 36.5 Å². The molecule has 2 aliphatic rings. The Morgan fingerprint density at radius 1 is 1.14 bits per heavy atom. The van der Waals surface area contributed by atoms with Crippen molar-refractivity contribution in [1.29, 1.82) is 0 Å². The Morgan fingerprint density at radius 2 is 1.76 bits per heavy atom. The third kappa shape index (κ3) is 7.47.